The minimum Gasteiger partial charge on any atom is -0.493 e. The summed E-state index contributed by atoms with van der Waals surface area (Å²) in [5, 5.41) is 3.68. The molecule has 8 heteroatoms. The molecule has 1 N–H and O–H groups in total. The minimum absolute atomic E-state index is 0.0509. The lowest BCUT2D eigenvalue weighted by molar-refractivity contribution is -0.132. The van der Waals surface area contributed by atoms with E-state index in [4.69, 9.17) is 42.1 Å². The maximum Gasteiger partial charge on any atom is 0.252 e. The fourth-order valence-electron chi connectivity index (χ4n) is 2.65. The molecule has 2 aromatic rings. The molecule has 30 heavy (non-hydrogen) atoms. The van der Waals surface area contributed by atoms with Crippen molar-refractivity contribution < 1.29 is 23.7 Å². The highest BCUT2D eigenvalue weighted by Gasteiger charge is 2.18. The quantitative estimate of drug-likeness (QED) is 0.538. The molecule has 0 aromatic heterocycles. The van der Waals surface area contributed by atoms with Crippen LogP contribution in [0, 0.1) is 0 Å². The van der Waals surface area contributed by atoms with E-state index in [1.807, 2.05) is 32.0 Å². The molecule has 0 aliphatic rings. The predicted octanol–water partition coefficient (Wildman–Crippen LogP) is 4.54. The molecule has 1 atom stereocenters. The van der Waals surface area contributed by atoms with Gasteiger partial charge in [0.2, 0.25) is 0 Å². The number of hydrogen-bond acceptors (Lipinski definition) is 5. The summed E-state index contributed by atoms with van der Waals surface area (Å²) in [6.45, 7) is 4.41. The summed E-state index contributed by atoms with van der Waals surface area (Å²) in [6, 6.07) is 10.6. The number of carbonyl (C=O) groups is 1. The number of carbonyl (C=O) groups excluding carboxylic acids is 1. The van der Waals surface area contributed by atoms with Crippen LogP contribution in [-0.4, -0.2) is 45.5 Å². The van der Waals surface area contributed by atoms with E-state index >= 15 is 0 Å². The van der Waals surface area contributed by atoms with Crippen molar-refractivity contribution in [3.05, 3.63) is 52.0 Å². The van der Waals surface area contributed by atoms with Gasteiger partial charge in [0.05, 0.1) is 23.3 Å². The molecule has 0 saturated carbocycles. The molecular formula is C22H27Cl2NO5. The molecule has 2 aromatic carbocycles. The molecule has 0 fully saturated rings. The van der Waals surface area contributed by atoms with Crippen LogP contribution in [0.5, 0.6) is 17.2 Å². The van der Waals surface area contributed by atoms with Gasteiger partial charge in [-0.05, 0) is 50.1 Å². The fraction of sp³-hybridized carbons (Fsp3) is 0.409. The van der Waals surface area contributed by atoms with E-state index in [2.05, 4.69) is 5.32 Å². The average Bonchev–Trinajstić information content (AvgIpc) is 2.71. The van der Waals surface area contributed by atoms with Gasteiger partial charge in [0.25, 0.3) is 5.91 Å². The van der Waals surface area contributed by atoms with Crippen LogP contribution in [0.1, 0.15) is 19.4 Å². The summed E-state index contributed by atoms with van der Waals surface area (Å²) in [7, 11) is 3.06. The zero-order valence-electron chi connectivity index (χ0n) is 17.5. The summed E-state index contributed by atoms with van der Waals surface area (Å²) >= 11 is 11.9. The van der Waals surface area contributed by atoms with E-state index in [-0.39, 0.29) is 18.6 Å². The molecule has 0 unspecified atom stereocenters. The van der Waals surface area contributed by atoms with Crippen LogP contribution in [0.4, 0.5) is 0 Å². The van der Waals surface area contributed by atoms with Crippen molar-refractivity contribution in [2.75, 3.05) is 27.4 Å². The number of halogens is 2. The molecule has 2 rings (SSSR count). The second-order valence-electron chi connectivity index (χ2n) is 6.80. The first-order valence-electron chi connectivity index (χ1n) is 9.56. The third kappa shape index (κ3) is 7.27. The topological polar surface area (TPSA) is 66.0 Å². The van der Waals surface area contributed by atoms with Crippen molar-refractivity contribution in [3.63, 3.8) is 0 Å². The van der Waals surface area contributed by atoms with Gasteiger partial charge in [-0.2, -0.15) is 0 Å². The summed E-state index contributed by atoms with van der Waals surface area (Å²) in [4.78, 5) is 12.4. The van der Waals surface area contributed by atoms with Crippen LogP contribution in [0.3, 0.4) is 0 Å². The maximum absolute atomic E-state index is 12.4. The largest absolute Gasteiger partial charge is 0.493 e. The van der Waals surface area contributed by atoms with Gasteiger partial charge < -0.3 is 24.3 Å². The Morgan fingerprint density at radius 2 is 1.80 bits per heavy atom. The second kappa shape index (κ2) is 11.9. The Morgan fingerprint density at radius 1 is 1.03 bits per heavy atom. The van der Waals surface area contributed by atoms with Gasteiger partial charge in [-0.15, -0.1) is 0 Å². The minimum atomic E-state index is -0.754. The maximum atomic E-state index is 12.4. The van der Waals surface area contributed by atoms with Crippen molar-refractivity contribution in [1.29, 1.82) is 0 Å². The third-order valence-electron chi connectivity index (χ3n) is 4.17. The summed E-state index contributed by atoms with van der Waals surface area (Å²) in [6.07, 6.45) is -0.0642. The molecular weight excluding hydrogens is 429 g/mol. The van der Waals surface area contributed by atoms with Crippen LogP contribution < -0.4 is 19.5 Å². The predicted molar refractivity (Wildman–Crippen MR) is 118 cm³/mol. The zero-order chi connectivity index (χ0) is 22.1. The van der Waals surface area contributed by atoms with E-state index in [9.17, 15) is 4.79 Å². The average molecular weight is 456 g/mol. The van der Waals surface area contributed by atoms with E-state index in [0.717, 1.165) is 5.56 Å². The van der Waals surface area contributed by atoms with Gasteiger partial charge in [0.1, 0.15) is 12.4 Å². The van der Waals surface area contributed by atoms with Crippen LogP contribution in [-0.2, 0) is 16.0 Å². The Kier molecular flexibility index (Phi) is 9.56. The van der Waals surface area contributed by atoms with Gasteiger partial charge in [0, 0.05) is 19.7 Å². The van der Waals surface area contributed by atoms with E-state index in [1.54, 1.807) is 25.3 Å². The van der Waals surface area contributed by atoms with Crippen molar-refractivity contribution in [3.8, 4) is 17.2 Å². The van der Waals surface area contributed by atoms with Crippen molar-refractivity contribution in [2.24, 2.45) is 0 Å². The van der Waals surface area contributed by atoms with Gasteiger partial charge in [-0.1, -0.05) is 29.3 Å². The molecule has 164 valence electrons. The monoisotopic (exact) mass is 455 g/mol. The molecule has 0 heterocycles. The lowest BCUT2D eigenvalue weighted by Gasteiger charge is -2.17. The molecule has 1 amide bonds. The molecule has 6 nitrogen and oxygen atoms in total. The first kappa shape index (κ1) is 24.1. The van der Waals surface area contributed by atoms with E-state index < -0.39 is 6.10 Å². The zero-order valence-corrected chi connectivity index (χ0v) is 19.0. The van der Waals surface area contributed by atoms with E-state index in [1.165, 1.54) is 7.11 Å². The van der Waals surface area contributed by atoms with E-state index in [0.29, 0.717) is 40.3 Å². The van der Waals surface area contributed by atoms with Crippen LogP contribution in [0.15, 0.2) is 36.4 Å². The van der Waals surface area contributed by atoms with Gasteiger partial charge >= 0.3 is 0 Å². The SMILES string of the molecule is COc1cc(CCNC(=O)[C@@H](COc2ccc(Cl)c(Cl)c2)OC)ccc1OC(C)C. The second-order valence-corrected chi connectivity index (χ2v) is 7.62. The van der Waals surface area contributed by atoms with Gasteiger partial charge in [-0.3, -0.25) is 4.79 Å². The first-order valence-corrected chi connectivity index (χ1v) is 10.3. The Labute approximate surface area is 187 Å². The number of rotatable bonds is 11. The van der Waals surface area contributed by atoms with Crippen LogP contribution >= 0.6 is 23.2 Å². The number of nitrogens with one attached hydrogen (secondary N) is 1. The highest BCUT2D eigenvalue weighted by atomic mass is 35.5. The smallest absolute Gasteiger partial charge is 0.252 e. The Bertz CT molecular complexity index is 844. The molecule has 0 spiro atoms. The first-order chi connectivity index (χ1) is 14.3. The van der Waals surface area contributed by atoms with Gasteiger partial charge in [-0.25, -0.2) is 0 Å². The van der Waals surface area contributed by atoms with Crippen LogP contribution in [0.2, 0.25) is 10.0 Å². The lowest BCUT2D eigenvalue weighted by Crippen LogP contribution is -2.40. The molecule has 0 aliphatic carbocycles. The summed E-state index contributed by atoms with van der Waals surface area (Å²) < 4.78 is 22.0. The summed E-state index contributed by atoms with van der Waals surface area (Å²) in [5.41, 5.74) is 1.02. The number of hydrogen-bond donors (Lipinski definition) is 1. The van der Waals surface area contributed by atoms with Crippen molar-refractivity contribution in [1.82, 2.24) is 5.32 Å². The number of methoxy groups -OCH3 is 2. The van der Waals surface area contributed by atoms with Crippen LogP contribution in [0.25, 0.3) is 0 Å². The Hall–Kier alpha value is -2.15. The highest BCUT2D eigenvalue weighted by Crippen LogP contribution is 2.29. The molecule has 0 saturated heterocycles. The standard InChI is InChI=1S/C22H27Cl2NO5/c1-14(2)30-19-8-5-15(11-20(19)27-3)9-10-25-22(26)21(28-4)13-29-16-6-7-17(23)18(24)12-16/h5-8,11-12,14,21H,9-10,13H2,1-4H3,(H,25,26)/t21-/m1/s1. The molecule has 0 aliphatic heterocycles. The number of benzene rings is 2. The van der Waals surface area contributed by atoms with Gasteiger partial charge in [0.15, 0.2) is 17.6 Å². The fourth-order valence-corrected chi connectivity index (χ4v) is 2.94. The third-order valence-corrected chi connectivity index (χ3v) is 4.91. The normalized spacial score (nSPS) is 11.8. The Balaban J connectivity index is 1.85. The Morgan fingerprint density at radius 3 is 2.43 bits per heavy atom. The van der Waals surface area contributed by atoms with Crippen molar-refractivity contribution in [2.45, 2.75) is 32.5 Å². The molecule has 0 bridgehead atoms. The molecule has 0 radical (unpaired) electrons. The lowest BCUT2D eigenvalue weighted by atomic mass is 10.1. The van der Waals surface area contributed by atoms with Crippen molar-refractivity contribution >= 4 is 29.1 Å². The number of amides is 1. The highest BCUT2D eigenvalue weighted by molar-refractivity contribution is 6.42. The summed E-state index contributed by atoms with van der Waals surface area (Å²) in [5.74, 6) is 1.61. The number of ether oxygens (including phenoxy) is 4.